The highest BCUT2D eigenvalue weighted by atomic mass is 16.5. The van der Waals surface area contributed by atoms with Crippen molar-refractivity contribution in [1.29, 1.82) is 0 Å². The highest BCUT2D eigenvalue weighted by Gasteiger charge is 2.36. The lowest BCUT2D eigenvalue weighted by Crippen LogP contribution is -2.40. The summed E-state index contributed by atoms with van der Waals surface area (Å²) in [5.74, 6) is 0.388. The van der Waals surface area contributed by atoms with Crippen LogP contribution in [0, 0.1) is 0 Å². The van der Waals surface area contributed by atoms with E-state index in [1.807, 2.05) is 24.3 Å². The van der Waals surface area contributed by atoms with Crippen LogP contribution in [0.15, 0.2) is 47.5 Å². The van der Waals surface area contributed by atoms with Crippen molar-refractivity contribution in [2.45, 2.75) is 25.4 Å². The van der Waals surface area contributed by atoms with Gasteiger partial charge in [-0.25, -0.2) is 9.78 Å². The number of amides is 2. The van der Waals surface area contributed by atoms with Gasteiger partial charge in [-0.15, -0.1) is 0 Å². The van der Waals surface area contributed by atoms with Crippen molar-refractivity contribution in [3.05, 3.63) is 58.8 Å². The Morgan fingerprint density at radius 3 is 2.63 bits per heavy atom. The molecule has 2 amide bonds. The van der Waals surface area contributed by atoms with Crippen LogP contribution in [0.4, 0.5) is 0 Å². The molecule has 8 heteroatoms. The number of carbonyl (C=O) groups is 2. The molecule has 1 aromatic heterocycles. The summed E-state index contributed by atoms with van der Waals surface area (Å²) in [6.45, 7) is 2.24. The number of benzene rings is 1. The predicted molar refractivity (Wildman–Crippen MR) is 98.4 cm³/mol. The molecule has 142 valence electrons. The average molecular weight is 370 g/mol. The molecule has 27 heavy (non-hydrogen) atoms. The van der Waals surface area contributed by atoms with Crippen molar-refractivity contribution in [2.24, 2.45) is 0 Å². The Labute approximate surface area is 156 Å². The van der Waals surface area contributed by atoms with E-state index < -0.39 is 5.69 Å². The van der Waals surface area contributed by atoms with E-state index >= 15 is 0 Å². The number of hydrogen-bond acceptors (Lipinski definition) is 5. The average Bonchev–Trinajstić information content (AvgIpc) is 3.07. The van der Waals surface area contributed by atoms with Crippen LogP contribution in [0.5, 0.6) is 5.75 Å². The van der Waals surface area contributed by atoms with Crippen molar-refractivity contribution < 1.29 is 14.3 Å². The molecular weight excluding hydrogens is 348 g/mol. The third-order valence-electron chi connectivity index (χ3n) is 4.69. The smallest absolute Gasteiger partial charge is 0.347 e. The number of hydrogen-bond donors (Lipinski definition) is 1. The molecule has 1 fully saturated rings. The van der Waals surface area contributed by atoms with E-state index in [2.05, 4.69) is 10.3 Å². The van der Waals surface area contributed by atoms with Crippen LogP contribution >= 0.6 is 0 Å². The summed E-state index contributed by atoms with van der Waals surface area (Å²) in [5, 5.41) is 2.93. The molecule has 2 aromatic rings. The lowest BCUT2D eigenvalue weighted by Gasteiger charge is -2.19. The minimum Gasteiger partial charge on any atom is -0.497 e. The van der Waals surface area contributed by atoms with Gasteiger partial charge in [-0.1, -0.05) is 12.1 Å². The topological polar surface area (TPSA) is 93.5 Å². The fourth-order valence-electron chi connectivity index (χ4n) is 3.36. The number of ether oxygens (including phenoxy) is 1. The van der Waals surface area contributed by atoms with Gasteiger partial charge in [-0.05, 0) is 23.8 Å². The summed E-state index contributed by atoms with van der Waals surface area (Å²) in [4.78, 5) is 41.4. The Morgan fingerprint density at radius 1 is 1.26 bits per heavy atom. The van der Waals surface area contributed by atoms with E-state index in [4.69, 9.17) is 4.74 Å². The first-order valence-corrected chi connectivity index (χ1v) is 8.68. The summed E-state index contributed by atoms with van der Waals surface area (Å²) < 4.78 is 6.46. The van der Waals surface area contributed by atoms with Gasteiger partial charge in [0.15, 0.2) is 0 Å². The predicted octanol–water partition coefficient (Wildman–Crippen LogP) is 0.383. The van der Waals surface area contributed by atoms with Crippen LogP contribution < -0.4 is 15.7 Å². The first-order chi connectivity index (χ1) is 13.0. The number of carbonyl (C=O) groups excluding carboxylic acids is 2. The van der Waals surface area contributed by atoms with E-state index in [0.717, 1.165) is 11.3 Å². The molecule has 1 aromatic carbocycles. The third-order valence-corrected chi connectivity index (χ3v) is 4.69. The highest BCUT2D eigenvalue weighted by Crippen LogP contribution is 2.29. The molecule has 0 radical (unpaired) electrons. The molecule has 1 aliphatic heterocycles. The van der Waals surface area contributed by atoms with Crippen LogP contribution in [0.3, 0.4) is 0 Å². The molecule has 2 heterocycles. The maximum absolute atomic E-state index is 12.7. The van der Waals surface area contributed by atoms with Gasteiger partial charge in [0, 0.05) is 38.3 Å². The fourth-order valence-corrected chi connectivity index (χ4v) is 3.36. The molecule has 1 aliphatic rings. The highest BCUT2D eigenvalue weighted by molar-refractivity contribution is 5.77. The van der Waals surface area contributed by atoms with Crippen molar-refractivity contribution in [3.63, 3.8) is 0 Å². The van der Waals surface area contributed by atoms with Gasteiger partial charge >= 0.3 is 5.69 Å². The Kier molecular flexibility index (Phi) is 5.54. The summed E-state index contributed by atoms with van der Waals surface area (Å²) in [5.41, 5.74) is 0.554. The van der Waals surface area contributed by atoms with Gasteiger partial charge in [-0.3, -0.25) is 14.2 Å². The molecule has 0 saturated carbocycles. The normalized spacial score (nSPS) is 19.0. The molecule has 0 bridgehead atoms. The van der Waals surface area contributed by atoms with Crippen molar-refractivity contribution >= 4 is 11.8 Å². The maximum Gasteiger partial charge on any atom is 0.347 e. The van der Waals surface area contributed by atoms with E-state index in [9.17, 15) is 14.4 Å². The molecule has 1 saturated heterocycles. The molecule has 3 rings (SSSR count). The molecular formula is C19H22N4O4. The number of likely N-dealkylation sites (tertiary alicyclic amines) is 1. The van der Waals surface area contributed by atoms with E-state index in [0.29, 0.717) is 13.1 Å². The van der Waals surface area contributed by atoms with Crippen molar-refractivity contribution in [3.8, 4) is 5.75 Å². The first-order valence-electron chi connectivity index (χ1n) is 8.68. The van der Waals surface area contributed by atoms with E-state index in [-0.39, 0.29) is 30.3 Å². The summed E-state index contributed by atoms with van der Waals surface area (Å²) >= 11 is 0. The van der Waals surface area contributed by atoms with Gasteiger partial charge in [0.25, 0.3) is 0 Å². The molecule has 8 nitrogen and oxygen atoms in total. The number of rotatable bonds is 5. The zero-order valence-electron chi connectivity index (χ0n) is 15.3. The zero-order chi connectivity index (χ0) is 19.4. The number of nitrogens with zero attached hydrogens (tertiary/aromatic N) is 3. The minimum absolute atomic E-state index is 0.0330. The summed E-state index contributed by atoms with van der Waals surface area (Å²) in [6, 6.07) is 9.03. The van der Waals surface area contributed by atoms with Gasteiger partial charge in [-0.2, -0.15) is 0 Å². The maximum atomic E-state index is 12.7. The third kappa shape index (κ3) is 4.33. The van der Waals surface area contributed by atoms with Crippen LogP contribution in [-0.4, -0.2) is 52.5 Å². The number of aromatic nitrogens is 2. The number of methoxy groups -OCH3 is 1. The van der Waals surface area contributed by atoms with Crippen molar-refractivity contribution in [2.75, 3.05) is 20.2 Å². The van der Waals surface area contributed by atoms with Gasteiger partial charge in [0.2, 0.25) is 11.8 Å². The summed E-state index contributed by atoms with van der Waals surface area (Å²) in [6.07, 6.45) is 2.93. The van der Waals surface area contributed by atoms with E-state index in [1.54, 1.807) is 18.1 Å². The Balaban J connectivity index is 1.77. The van der Waals surface area contributed by atoms with Crippen LogP contribution in [0.1, 0.15) is 18.4 Å². The lowest BCUT2D eigenvalue weighted by atomic mass is 9.94. The lowest BCUT2D eigenvalue weighted by molar-refractivity contribution is -0.131. The van der Waals surface area contributed by atoms with E-state index in [1.165, 1.54) is 23.9 Å². The van der Waals surface area contributed by atoms with Crippen molar-refractivity contribution in [1.82, 2.24) is 19.8 Å². The van der Waals surface area contributed by atoms with Gasteiger partial charge in [0.05, 0.1) is 13.2 Å². The molecule has 0 unspecified atom stereocenters. The Morgan fingerprint density at radius 2 is 2.00 bits per heavy atom. The molecule has 1 N–H and O–H groups in total. The fraction of sp³-hybridized carbons (Fsp3) is 0.368. The SMILES string of the molecule is COc1ccc([C@@H]2CN(C(=O)Cn3cccnc3=O)C[C@H]2NC(C)=O)cc1. The minimum atomic E-state index is -0.463. The monoisotopic (exact) mass is 370 g/mol. The van der Waals surface area contributed by atoms with Crippen LogP contribution in [-0.2, 0) is 16.1 Å². The quantitative estimate of drug-likeness (QED) is 0.821. The molecule has 2 atom stereocenters. The van der Waals surface area contributed by atoms with Crippen LogP contribution in [0.2, 0.25) is 0 Å². The first kappa shape index (κ1) is 18.6. The summed E-state index contributed by atoms with van der Waals surface area (Å²) in [7, 11) is 1.60. The van der Waals surface area contributed by atoms with Crippen LogP contribution in [0.25, 0.3) is 0 Å². The molecule has 0 spiro atoms. The second kappa shape index (κ2) is 8.03. The second-order valence-electron chi connectivity index (χ2n) is 6.52. The molecule has 0 aliphatic carbocycles. The zero-order valence-corrected chi connectivity index (χ0v) is 15.3. The Hall–Kier alpha value is -3.16. The van der Waals surface area contributed by atoms with Gasteiger partial charge in [0.1, 0.15) is 12.3 Å². The largest absolute Gasteiger partial charge is 0.497 e. The number of nitrogens with one attached hydrogen (secondary N) is 1. The Bertz CT molecular complexity index is 878. The standard InChI is InChI=1S/C19H22N4O4/c1-13(24)21-17-11-23(18(25)12-22-9-3-8-20-19(22)26)10-16(17)14-4-6-15(27-2)7-5-14/h3-9,16-17H,10-12H2,1-2H3,(H,21,24)/t16-,17+/m0/s1. The second-order valence-corrected chi connectivity index (χ2v) is 6.52. The van der Waals surface area contributed by atoms with Gasteiger partial charge < -0.3 is 15.0 Å².